The lowest BCUT2D eigenvalue weighted by molar-refractivity contribution is -0.154. The van der Waals surface area contributed by atoms with Crippen molar-refractivity contribution >= 4 is 29.0 Å². The van der Waals surface area contributed by atoms with Crippen LogP contribution < -0.4 is 11.1 Å². The van der Waals surface area contributed by atoms with Crippen LogP contribution in [0.3, 0.4) is 0 Å². The van der Waals surface area contributed by atoms with E-state index >= 15 is 0 Å². The first-order valence-corrected chi connectivity index (χ1v) is 7.84. The van der Waals surface area contributed by atoms with Gasteiger partial charge in [-0.05, 0) is 12.8 Å². The van der Waals surface area contributed by atoms with E-state index in [0.717, 1.165) is 19.3 Å². The zero-order valence-electron chi connectivity index (χ0n) is 12.4. The summed E-state index contributed by atoms with van der Waals surface area (Å²) in [4.78, 5) is 26.9. The topological polar surface area (TPSA) is 84.7 Å². The van der Waals surface area contributed by atoms with Crippen LogP contribution in [0.2, 0.25) is 0 Å². The second-order valence-electron chi connectivity index (χ2n) is 5.71. The van der Waals surface area contributed by atoms with Gasteiger partial charge >= 0.3 is 0 Å². The lowest BCUT2D eigenvalue weighted by Crippen LogP contribution is -2.61. The number of morpholine rings is 1. The largest absolute Gasteiger partial charge is 0.392 e. The smallest absolute Gasteiger partial charge is 0.244 e. The van der Waals surface area contributed by atoms with E-state index < -0.39 is 11.5 Å². The molecule has 0 aromatic carbocycles. The van der Waals surface area contributed by atoms with Crippen LogP contribution in [-0.2, 0) is 14.3 Å². The molecule has 118 valence electrons. The zero-order chi connectivity index (χ0) is 15.5. The summed E-state index contributed by atoms with van der Waals surface area (Å²) < 4.78 is 5.35. The molecule has 2 rings (SSSR count). The molecule has 2 fully saturated rings. The fourth-order valence-corrected chi connectivity index (χ4v) is 3.52. The summed E-state index contributed by atoms with van der Waals surface area (Å²) in [5.74, 6) is -0.316. The summed E-state index contributed by atoms with van der Waals surface area (Å²) in [6, 6.07) is -0.593. The van der Waals surface area contributed by atoms with Crippen LogP contribution in [0.15, 0.2) is 0 Å². The number of carbonyl (C=O) groups is 2. The maximum Gasteiger partial charge on any atom is 0.244 e. The van der Waals surface area contributed by atoms with Gasteiger partial charge in [0.15, 0.2) is 0 Å². The minimum atomic E-state index is -0.781. The van der Waals surface area contributed by atoms with Gasteiger partial charge in [0, 0.05) is 13.6 Å². The van der Waals surface area contributed by atoms with E-state index in [1.165, 1.54) is 0 Å². The summed E-state index contributed by atoms with van der Waals surface area (Å²) in [5.41, 5.74) is 5.14. The number of carbonyl (C=O) groups excluding carboxylic acids is 2. The molecule has 0 aromatic rings. The summed E-state index contributed by atoms with van der Waals surface area (Å²) in [5, 5.41) is 2.59. The van der Waals surface area contributed by atoms with E-state index in [-0.39, 0.29) is 23.4 Å². The molecule has 2 amide bonds. The Labute approximate surface area is 130 Å². The van der Waals surface area contributed by atoms with Crippen molar-refractivity contribution in [2.24, 2.45) is 11.1 Å². The highest BCUT2D eigenvalue weighted by atomic mass is 32.1. The first kappa shape index (κ1) is 16.2. The fraction of sp³-hybridized carbons (Fsp3) is 0.786. The lowest BCUT2D eigenvalue weighted by Gasteiger charge is -2.43. The van der Waals surface area contributed by atoms with Gasteiger partial charge in [-0.1, -0.05) is 31.5 Å². The fourth-order valence-electron chi connectivity index (χ4n) is 3.23. The van der Waals surface area contributed by atoms with Crippen molar-refractivity contribution < 1.29 is 14.3 Å². The van der Waals surface area contributed by atoms with Crippen LogP contribution in [0.25, 0.3) is 0 Å². The van der Waals surface area contributed by atoms with Gasteiger partial charge in [0.1, 0.15) is 6.04 Å². The average Bonchev–Trinajstić information content (AvgIpc) is 2.53. The minimum Gasteiger partial charge on any atom is -0.392 e. The normalized spacial score (nSPS) is 25.2. The highest BCUT2D eigenvalue weighted by Crippen LogP contribution is 2.39. The SMILES string of the molecule is CNC(=O)C1COCCN1C(=O)C1(C(N)=S)CCCCC1. The summed E-state index contributed by atoms with van der Waals surface area (Å²) in [6.07, 6.45) is 4.34. The third-order valence-electron chi connectivity index (χ3n) is 4.53. The molecule has 0 bridgehead atoms. The van der Waals surface area contributed by atoms with Gasteiger partial charge in [-0.2, -0.15) is 0 Å². The van der Waals surface area contributed by atoms with E-state index in [9.17, 15) is 9.59 Å². The van der Waals surface area contributed by atoms with Crippen LogP contribution >= 0.6 is 12.2 Å². The van der Waals surface area contributed by atoms with E-state index in [2.05, 4.69) is 5.32 Å². The van der Waals surface area contributed by atoms with Crippen molar-refractivity contribution in [1.29, 1.82) is 0 Å². The van der Waals surface area contributed by atoms with Gasteiger partial charge in [0.25, 0.3) is 0 Å². The summed E-state index contributed by atoms with van der Waals surface area (Å²) >= 11 is 5.20. The molecule has 1 aliphatic heterocycles. The molecule has 21 heavy (non-hydrogen) atoms. The van der Waals surface area contributed by atoms with E-state index in [0.29, 0.717) is 26.0 Å². The Balaban J connectivity index is 2.25. The molecule has 7 heteroatoms. The van der Waals surface area contributed by atoms with Gasteiger partial charge in [0.2, 0.25) is 11.8 Å². The number of hydrogen-bond acceptors (Lipinski definition) is 4. The van der Waals surface area contributed by atoms with Crippen LogP contribution in [0.1, 0.15) is 32.1 Å². The molecule has 6 nitrogen and oxygen atoms in total. The Kier molecular flexibility index (Phi) is 5.16. The number of likely N-dealkylation sites (N-methyl/N-ethyl adjacent to an activating group) is 1. The molecule has 1 unspecified atom stereocenters. The van der Waals surface area contributed by atoms with Crippen LogP contribution in [0, 0.1) is 5.41 Å². The van der Waals surface area contributed by atoms with Crippen molar-refractivity contribution in [1.82, 2.24) is 10.2 Å². The van der Waals surface area contributed by atoms with Crippen LogP contribution in [0.5, 0.6) is 0 Å². The Hall–Kier alpha value is -1.21. The Morgan fingerprint density at radius 3 is 2.57 bits per heavy atom. The number of ether oxygens (including phenoxy) is 1. The molecule has 3 N–H and O–H groups in total. The van der Waals surface area contributed by atoms with Crippen LogP contribution in [0.4, 0.5) is 0 Å². The lowest BCUT2D eigenvalue weighted by atomic mass is 9.72. The Bertz CT molecular complexity index is 435. The molecule has 0 radical (unpaired) electrons. The molecule has 1 atom stereocenters. The van der Waals surface area contributed by atoms with Crippen molar-refractivity contribution in [3.8, 4) is 0 Å². The predicted octanol–water partition coefficient (Wildman–Crippen LogP) is 0.196. The highest BCUT2D eigenvalue weighted by molar-refractivity contribution is 7.80. The maximum atomic E-state index is 13.1. The monoisotopic (exact) mass is 313 g/mol. The van der Waals surface area contributed by atoms with E-state index in [4.69, 9.17) is 22.7 Å². The van der Waals surface area contributed by atoms with Gasteiger partial charge in [-0.3, -0.25) is 9.59 Å². The quantitative estimate of drug-likeness (QED) is 0.727. The number of thiocarbonyl (C=S) groups is 1. The van der Waals surface area contributed by atoms with Gasteiger partial charge in [0.05, 0.1) is 23.6 Å². The first-order valence-electron chi connectivity index (χ1n) is 7.43. The summed E-state index contributed by atoms with van der Waals surface area (Å²) in [7, 11) is 1.56. The maximum absolute atomic E-state index is 13.1. The van der Waals surface area contributed by atoms with Crippen molar-refractivity contribution in [2.45, 2.75) is 38.1 Å². The second kappa shape index (κ2) is 6.70. The molecule has 1 heterocycles. The minimum absolute atomic E-state index is 0.105. The molecule has 2 aliphatic rings. The zero-order valence-corrected chi connectivity index (χ0v) is 13.2. The molecule has 1 saturated carbocycles. The standard InChI is InChI=1S/C14H23N3O3S/c1-16-11(18)10-9-20-8-7-17(10)13(19)14(12(15)21)5-3-2-4-6-14/h10H,2-9H2,1H3,(H2,15,21)(H,16,18). The van der Waals surface area contributed by atoms with Gasteiger partial charge in [-0.25, -0.2) is 0 Å². The van der Waals surface area contributed by atoms with Gasteiger partial charge in [-0.15, -0.1) is 0 Å². The molecular formula is C14H23N3O3S. The number of rotatable bonds is 3. The molecule has 1 aliphatic carbocycles. The van der Waals surface area contributed by atoms with Gasteiger partial charge < -0.3 is 20.7 Å². The number of nitrogens with two attached hydrogens (primary N) is 1. The number of hydrogen-bond donors (Lipinski definition) is 2. The Morgan fingerprint density at radius 2 is 2.00 bits per heavy atom. The van der Waals surface area contributed by atoms with Crippen molar-refractivity contribution in [3.05, 3.63) is 0 Å². The van der Waals surface area contributed by atoms with Crippen molar-refractivity contribution in [2.75, 3.05) is 26.8 Å². The highest BCUT2D eigenvalue weighted by Gasteiger charge is 2.47. The summed E-state index contributed by atoms with van der Waals surface area (Å²) in [6.45, 7) is 1.06. The molecule has 0 aromatic heterocycles. The number of amides is 2. The van der Waals surface area contributed by atoms with E-state index in [1.807, 2.05) is 0 Å². The van der Waals surface area contributed by atoms with E-state index in [1.54, 1.807) is 11.9 Å². The third-order valence-corrected chi connectivity index (χ3v) is 4.92. The average molecular weight is 313 g/mol. The first-order chi connectivity index (χ1) is 10.0. The number of nitrogens with one attached hydrogen (secondary N) is 1. The molecule has 0 spiro atoms. The van der Waals surface area contributed by atoms with Crippen molar-refractivity contribution in [3.63, 3.8) is 0 Å². The second-order valence-corrected chi connectivity index (χ2v) is 6.15. The number of nitrogens with zero attached hydrogens (tertiary/aromatic N) is 1. The predicted molar refractivity (Wildman–Crippen MR) is 82.7 cm³/mol. The van der Waals surface area contributed by atoms with Crippen LogP contribution in [-0.4, -0.2) is 54.6 Å². The molecular weight excluding hydrogens is 290 g/mol. The Morgan fingerprint density at radius 1 is 1.33 bits per heavy atom. The molecule has 1 saturated heterocycles. The third kappa shape index (κ3) is 3.03.